The van der Waals surface area contributed by atoms with Crippen LogP contribution in [0.1, 0.15) is 37.1 Å². The van der Waals surface area contributed by atoms with Crippen molar-refractivity contribution in [3.8, 4) is 0 Å². The first-order chi connectivity index (χ1) is 8.15. The van der Waals surface area contributed by atoms with Gasteiger partial charge in [-0.25, -0.2) is 4.98 Å². The SMILES string of the molecule is Cc1cnc(C)c(NCC2CCC(O)CC2)n1. The Morgan fingerprint density at radius 1 is 1.29 bits per heavy atom. The molecule has 1 aliphatic rings. The number of rotatable bonds is 3. The molecule has 1 aromatic rings. The Morgan fingerprint density at radius 2 is 2.00 bits per heavy atom. The van der Waals surface area contributed by atoms with Gasteiger partial charge in [-0.05, 0) is 45.4 Å². The molecule has 94 valence electrons. The highest BCUT2D eigenvalue weighted by Gasteiger charge is 2.19. The number of aryl methyl sites for hydroxylation is 2. The second-order valence-electron chi connectivity index (χ2n) is 5.00. The van der Waals surface area contributed by atoms with Gasteiger partial charge in [0.1, 0.15) is 5.82 Å². The maximum absolute atomic E-state index is 9.45. The summed E-state index contributed by atoms with van der Waals surface area (Å²) in [5, 5.41) is 12.8. The molecule has 0 amide bonds. The third-order valence-electron chi connectivity index (χ3n) is 3.45. The molecule has 1 heterocycles. The summed E-state index contributed by atoms with van der Waals surface area (Å²) < 4.78 is 0. The van der Waals surface area contributed by atoms with E-state index >= 15 is 0 Å². The van der Waals surface area contributed by atoms with Crippen LogP contribution < -0.4 is 5.32 Å². The van der Waals surface area contributed by atoms with E-state index in [1.807, 2.05) is 13.8 Å². The fraction of sp³-hybridized carbons (Fsp3) is 0.692. The van der Waals surface area contributed by atoms with Crippen LogP contribution in [-0.4, -0.2) is 27.7 Å². The molecule has 1 aromatic heterocycles. The van der Waals surface area contributed by atoms with Gasteiger partial charge in [-0.2, -0.15) is 0 Å². The molecule has 0 radical (unpaired) electrons. The monoisotopic (exact) mass is 235 g/mol. The minimum atomic E-state index is -0.0771. The molecule has 0 atom stereocenters. The normalized spacial score (nSPS) is 24.6. The van der Waals surface area contributed by atoms with Gasteiger partial charge in [0, 0.05) is 12.7 Å². The fourth-order valence-electron chi connectivity index (χ4n) is 2.29. The highest BCUT2D eigenvalue weighted by molar-refractivity contribution is 5.39. The van der Waals surface area contributed by atoms with E-state index in [4.69, 9.17) is 0 Å². The minimum absolute atomic E-state index is 0.0771. The maximum Gasteiger partial charge on any atom is 0.147 e. The average molecular weight is 235 g/mol. The van der Waals surface area contributed by atoms with Gasteiger partial charge >= 0.3 is 0 Å². The molecule has 4 heteroatoms. The zero-order chi connectivity index (χ0) is 12.3. The van der Waals surface area contributed by atoms with Gasteiger partial charge in [0.05, 0.1) is 17.5 Å². The molecule has 1 aliphatic carbocycles. The van der Waals surface area contributed by atoms with Gasteiger partial charge in [-0.15, -0.1) is 0 Å². The summed E-state index contributed by atoms with van der Waals surface area (Å²) in [7, 11) is 0. The van der Waals surface area contributed by atoms with Gasteiger partial charge in [-0.1, -0.05) is 0 Å². The molecule has 0 unspecified atom stereocenters. The minimum Gasteiger partial charge on any atom is -0.393 e. The van der Waals surface area contributed by atoms with Crippen molar-refractivity contribution in [3.63, 3.8) is 0 Å². The van der Waals surface area contributed by atoms with E-state index in [0.717, 1.165) is 49.4 Å². The molecule has 4 nitrogen and oxygen atoms in total. The van der Waals surface area contributed by atoms with Crippen molar-refractivity contribution in [1.29, 1.82) is 0 Å². The summed E-state index contributed by atoms with van der Waals surface area (Å²) in [4.78, 5) is 8.74. The van der Waals surface area contributed by atoms with E-state index in [1.54, 1.807) is 6.20 Å². The standard InChI is InChI=1S/C13H21N3O/c1-9-7-14-10(2)13(16-9)15-8-11-3-5-12(17)6-4-11/h7,11-12,17H,3-6,8H2,1-2H3,(H,15,16). The van der Waals surface area contributed by atoms with Gasteiger partial charge in [0.25, 0.3) is 0 Å². The van der Waals surface area contributed by atoms with Gasteiger partial charge < -0.3 is 10.4 Å². The third-order valence-corrected chi connectivity index (χ3v) is 3.45. The molecule has 2 rings (SSSR count). The molecule has 0 bridgehead atoms. The molecule has 1 fully saturated rings. The zero-order valence-corrected chi connectivity index (χ0v) is 10.6. The lowest BCUT2D eigenvalue weighted by molar-refractivity contribution is 0.111. The second-order valence-corrected chi connectivity index (χ2v) is 5.00. The Hall–Kier alpha value is -1.16. The first-order valence-electron chi connectivity index (χ1n) is 6.37. The number of nitrogens with zero attached hydrogens (tertiary/aromatic N) is 2. The Bertz CT molecular complexity index is 373. The van der Waals surface area contributed by atoms with E-state index in [-0.39, 0.29) is 6.10 Å². The van der Waals surface area contributed by atoms with Crippen molar-refractivity contribution >= 4 is 5.82 Å². The van der Waals surface area contributed by atoms with Crippen molar-refractivity contribution in [2.75, 3.05) is 11.9 Å². The topological polar surface area (TPSA) is 58.0 Å². The van der Waals surface area contributed by atoms with Crippen LogP contribution in [0.2, 0.25) is 0 Å². The van der Waals surface area contributed by atoms with Crippen molar-refractivity contribution in [3.05, 3.63) is 17.6 Å². The van der Waals surface area contributed by atoms with E-state index in [2.05, 4.69) is 15.3 Å². The summed E-state index contributed by atoms with van der Waals surface area (Å²) in [5.74, 6) is 1.55. The van der Waals surface area contributed by atoms with Crippen molar-refractivity contribution in [2.45, 2.75) is 45.6 Å². The van der Waals surface area contributed by atoms with E-state index in [0.29, 0.717) is 5.92 Å². The first kappa shape index (κ1) is 12.3. The third kappa shape index (κ3) is 3.40. The van der Waals surface area contributed by atoms with Crippen LogP contribution in [0.3, 0.4) is 0 Å². The second kappa shape index (κ2) is 5.45. The van der Waals surface area contributed by atoms with Gasteiger partial charge in [0.15, 0.2) is 0 Å². The zero-order valence-electron chi connectivity index (χ0n) is 10.6. The molecular weight excluding hydrogens is 214 g/mol. The van der Waals surface area contributed by atoms with E-state index in [9.17, 15) is 5.11 Å². The van der Waals surface area contributed by atoms with Gasteiger partial charge in [-0.3, -0.25) is 4.98 Å². The molecule has 0 saturated heterocycles. The number of anilines is 1. The van der Waals surface area contributed by atoms with Crippen LogP contribution >= 0.6 is 0 Å². The summed E-state index contributed by atoms with van der Waals surface area (Å²) in [6.45, 7) is 4.86. The van der Waals surface area contributed by atoms with E-state index < -0.39 is 0 Å². The van der Waals surface area contributed by atoms with Crippen LogP contribution in [0.25, 0.3) is 0 Å². The average Bonchev–Trinajstić information content (AvgIpc) is 2.32. The van der Waals surface area contributed by atoms with Crippen molar-refractivity contribution in [2.24, 2.45) is 5.92 Å². The van der Waals surface area contributed by atoms with Crippen LogP contribution in [-0.2, 0) is 0 Å². The van der Waals surface area contributed by atoms with Gasteiger partial charge in [0.2, 0.25) is 0 Å². The number of hydrogen-bond acceptors (Lipinski definition) is 4. The van der Waals surface area contributed by atoms with Crippen LogP contribution in [0.15, 0.2) is 6.20 Å². The number of aromatic nitrogens is 2. The highest BCUT2D eigenvalue weighted by atomic mass is 16.3. The molecule has 0 aliphatic heterocycles. The highest BCUT2D eigenvalue weighted by Crippen LogP contribution is 2.24. The molecule has 17 heavy (non-hydrogen) atoms. The Labute approximate surface area is 102 Å². The molecular formula is C13H21N3O. The quantitative estimate of drug-likeness (QED) is 0.842. The number of nitrogens with one attached hydrogen (secondary N) is 1. The molecule has 0 aromatic carbocycles. The number of aliphatic hydroxyl groups excluding tert-OH is 1. The van der Waals surface area contributed by atoms with E-state index in [1.165, 1.54) is 0 Å². The Kier molecular flexibility index (Phi) is 3.94. The van der Waals surface area contributed by atoms with Crippen molar-refractivity contribution in [1.82, 2.24) is 9.97 Å². The number of hydrogen-bond donors (Lipinski definition) is 2. The lowest BCUT2D eigenvalue weighted by Gasteiger charge is -2.25. The molecule has 2 N–H and O–H groups in total. The van der Waals surface area contributed by atoms with Crippen LogP contribution in [0, 0.1) is 19.8 Å². The molecule has 0 spiro atoms. The van der Waals surface area contributed by atoms with Crippen LogP contribution in [0.4, 0.5) is 5.82 Å². The summed E-state index contributed by atoms with van der Waals surface area (Å²) in [5.41, 5.74) is 1.89. The lowest BCUT2D eigenvalue weighted by Crippen LogP contribution is -2.24. The number of aliphatic hydroxyl groups is 1. The summed E-state index contributed by atoms with van der Waals surface area (Å²) >= 11 is 0. The Morgan fingerprint density at radius 3 is 2.71 bits per heavy atom. The Balaban J connectivity index is 1.87. The van der Waals surface area contributed by atoms with Crippen LogP contribution in [0.5, 0.6) is 0 Å². The predicted octanol–water partition coefficient (Wildman–Crippen LogP) is 2.06. The largest absolute Gasteiger partial charge is 0.393 e. The summed E-state index contributed by atoms with van der Waals surface area (Å²) in [6, 6.07) is 0. The lowest BCUT2D eigenvalue weighted by atomic mass is 9.87. The maximum atomic E-state index is 9.45. The van der Waals surface area contributed by atoms with Crippen molar-refractivity contribution < 1.29 is 5.11 Å². The fourth-order valence-corrected chi connectivity index (χ4v) is 2.29. The molecule has 1 saturated carbocycles. The smallest absolute Gasteiger partial charge is 0.147 e. The first-order valence-corrected chi connectivity index (χ1v) is 6.37. The predicted molar refractivity (Wildman–Crippen MR) is 68.0 cm³/mol. The summed E-state index contributed by atoms with van der Waals surface area (Å²) in [6.07, 6.45) is 5.79.